The van der Waals surface area contributed by atoms with Crippen LogP contribution in [0.4, 0.5) is 0 Å². The van der Waals surface area contributed by atoms with E-state index in [9.17, 15) is 10.1 Å². The summed E-state index contributed by atoms with van der Waals surface area (Å²) in [5, 5.41) is 9.53. The Hall–Kier alpha value is -3.46. The van der Waals surface area contributed by atoms with E-state index in [1.165, 1.54) is 6.26 Å². The number of esters is 1. The molecule has 0 spiro atoms. The van der Waals surface area contributed by atoms with Gasteiger partial charge in [0.05, 0.1) is 24.4 Å². The number of nitriles is 1. The van der Waals surface area contributed by atoms with Crippen molar-refractivity contribution in [1.29, 1.82) is 5.26 Å². The van der Waals surface area contributed by atoms with Crippen molar-refractivity contribution < 1.29 is 18.7 Å². The smallest absolute Gasteiger partial charge is 0.338 e. The average Bonchev–Trinajstić information content (AvgIpc) is 3.16. The molecule has 6 heteroatoms. The highest BCUT2D eigenvalue weighted by Gasteiger charge is 2.39. The third-order valence-corrected chi connectivity index (χ3v) is 3.78. The van der Waals surface area contributed by atoms with Gasteiger partial charge in [-0.15, -0.1) is 0 Å². The fourth-order valence-electron chi connectivity index (χ4n) is 2.72. The number of carbonyl (C=O) groups excluding carboxylic acids is 1. The second kappa shape index (κ2) is 6.97. The van der Waals surface area contributed by atoms with Crippen LogP contribution < -0.4 is 5.73 Å². The van der Waals surface area contributed by atoms with E-state index in [0.29, 0.717) is 11.3 Å². The van der Waals surface area contributed by atoms with Crippen molar-refractivity contribution >= 4 is 11.7 Å². The zero-order valence-electron chi connectivity index (χ0n) is 13.6. The first-order valence-corrected chi connectivity index (χ1v) is 7.75. The van der Waals surface area contributed by atoms with E-state index < -0.39 is 11.9 Å². The van der Waals surface area contributed by atoms with E-state index in [4.69, 9.17) is 19.6 Å². The molecule has 0 saturated carbocycles. The lowest BCUT2D eigenvalue weighted by molar-refractivity contribution is -0.138. The Morgan fingerprint density at radius 2 is 2.04 bits per heavy atom. The maximum Gasteiger partial charge on any atom is 0.338 e. The van der Waals surface area contributed by atoms with Crippen molar-refractivity contribution in [3.8, 4) is 6.07 Å². The zero-order valence-corrected chi connectivity index (χ0v) is 13.6. The molecule has 0 unspecified atom stereocenters. The number of benzene rings is 1. The number of rotatable bonds is 4. The molecular formula is C19H16N2O4. The van der Waals surface area contributed by atoms with Crippen LogP contribution in [0.15, 0.2) is 70.2 Å². The van der Waals surface area contributed by atoms with Crippen LogP contribution in [0.25, 0.3) is 5.76 Å². The van der Waals surface area contributed by atoms with Crippen LogP contribution in [-0.2, 0) is 14.3 Å². The maximum atomic E-state index is 12.7. The van der Waals surface area contributed by atoms with Gasteiger partial charge >= 0.3 is 5.97 Å². The third kappa shape index (κ3) is 3.00. The van der Waals surface area contributed by atoms with Gasteiger partial charge in [-0.3, -0.25) is 0 Å². The second-order valence-electron chi connectivity index (χ2n) is 5.27. The Balaban J connectivity index is 2.25. The molecule has 1 aromatic heterocycles. The Labute approximate surface area is 144 Å². The average molecular weight is 336 g/mol. The molecule has 25 heavy (non-hydrogen) atoms. The molecule has 1 aromatic carbocycles. The predicted octanol–water partition coefficient (Wildman–Crippen LogP) is 3.06. The summed E-state index contributed by atoms with van der Waals surface area (Å²) < 4.78 is 16.3. The summed E-state index contributed by atoms with van der Waals surface area (Å²) in [6.07, 6.45) is 1.47. The Morgan fingerprint density at radius 1 is 1.28 bits per heavy atom. The molecule has 126 valence electrons. The first kappa shape index (κ1) is 16.4. The van der Waals surface area contributed by atoms with Crippen LogP contribution >= 0.6 is 0 Å². The molecule has 1 aliphatic heterocycles. The molecule has 0 radical (unpaired) electrons. The van der Waals surface area contributed by atoms with Gasteiger partial charge in [0.25, 0.3) is 0 Å². The number of nitrogens with zero attached hydrogens (tertiary/aromatic N) is 1. The van der Waals surface area contributed by atoms with Gasteiger partial charge in [0.2, 0.25) is 5.88 Å². The van der Waals surface area contributed by atoms with E-state index >= 15 is 0 Å². The highest BCUT2D eigenvalue weighted by Crippen LogP contribution is 2.42. The number of allylic oxidation sites excluding steroid dienone is 1. The number of furan rings is 1. The lowest BCUT2D eigenvalue weighted by Gasteiger charge is -2.26. The highest BCUT2D eigenvalue weighted by atomic mass is 16.5. The summed E-state index contributed by atoms with van der Waals surface area (Å²) >= 11 is 0. The molecule has 2 N–H and O–H groups in total. The van der Waals surface area contributed by atoms with Gasteiger partial charge in [0.15, 0.2) is 0 Å². The SMILES string of the molecule is CCOC(=O)C1=C(c2ccccc2)OC(N)=C(C#N)[C@H]1c1ccco1. The van der Waals surface area contributed by atoms with E-state index in [2.05, 4.69) is 0 Å². The minimum atomic E-state index is -0.789. The monoisotopic (exact) mass is 336 g/mol. The second-order valence-corrected chi connectivity index (χ2v) is 5.27. The number of carbonyl (C=O) groups is 1. The molecule has 0 bridgehead atoms. The van der Waals surface area contributed by atoms with Gasteiger partial charge in [-0.2, -0.15) is 5.26 Å². The summed E-state index contributed by atoms with van der Waals surface area (Å²) in [6, 6.07) is 14.4. The van der Waals surface area contributed by atoms with Crippen molar-refractivity contribution in [3.63, 3.8) is 0 Å². The molecular weight excluding hydrogens is 320 g/mol. The highest BCUT2D eigenvalue weighted by molar-refractivity contribution is 5.99. The first-order valence-electron chi connectivity index (χ1n) is 7.75. The zero-order chi connectivity index (χ0) is 17.8. The number of nitrogens with two attached hydrogens (primary N) is 1. The molecule has 1 aliphatic rings. The van der Waals surface area contributed by atoms with E-state index in [0.717, 1.165) is 0 Å². The molecule has 1 atom stereocenters. The van der Waals surface area contributed by atoms with Gasteiger partial charge in [-0.05, 0) is 19.1 Å². The Kier molecular flexibility index (Phi) is 4.57. The van der Waals surface area contributed by atoms with Crippen molar-refractivity contribution in [3.05, 3.63) is 77.1 Å². The van der Waals surface area contributed by atoms with Crippen LogP contribution in [0.2, 0.25) is 0 Å². The Bertz CT molecular complexity index is 874. The fourth-order valence-corrected chi connectivity index (χ4v) is 2.72. The molecule has 2 aromatic rings. The van der Waals surface area contributed by atoms with E-state index in [1.54, 1.807) is 31.2 Å². The predicted molar refractivity (Wildman–Crippen MR) is 89.4 cm³/mol. The maximum absolute atomic E-state index is 12.7. The minimum Gasteiger partial charge on any atom is -0.468 e. The van der Waals surface area contributed by atoms with Crippen LogP contribution in [0.1, 0.15) is 24.2 Å². The van der Waals surface area contributed by atoms with Crippen LogP contribution in [0.5, 0.6) is 0 Å². The van der Waals surface area contributed by atoms with Crippen LogP contribution in [0.3, 0.4) is 0 Å². The number of hydrogen-bond donors (Lipinski definition) is 1. The van der Waals surface area contributed by atoms with E-state index in [1.807, 2.05) is 24.3 Å². The van der Waals surface area contributed by atoms with Crippen molar-refractivity contribution in [2.75, 3.05) is 6.61 Å². The van der Waals surface area contributed by atoms with Gasteiger partial charge in [-0.25, -0.2) is 4.79 Å². The third-order valence-electron chi connectivity index (χ3n) is 3.78. The molecule has 0 saturated heterocycles. The lowest BCUT2D eigenvalue weighted by atomic mass is 9.85. The van der Waals surface area contributed by atoms with Gasteiger partial charge in [0, 0.05) is 5.56 Å². The minimum absolute atomic E-state index is 0.0594. The number of ether oxygens (including phenoxy) is 2. The summed E-state index contributed by atoms with van der Waals surface area (Å²) in [4.78, 5) is 12.7. The van der Waals surface area contributed by atoms with Crippen LogP contribution in [-0.4, -0.2) is 12.6 Å². The molecule has 0 aliphatic carbocycles. The molecule has 3 rings (SSSR count). The summed E-state index contributed by atoms with van der Waals surface area (Å²) in [6.45, 7) is 1.90. The molecule has 6 nitrogen and oxygen atoms in total. The summed E-state index contributed by atoms with van der Waals surface area (Å²) in [7, 11) is 0. The molecule has 2 heterocycles. The van der Waals surface area contributed by atoms with Gasteiger partial charge in [0.1, 0.15) is 23.2 Å². The van der Waals surface area contributed by atoms with Crippen molar-refractivity contribution in [1.82, 2.24) is 0 Å². The lowest BCUT2D eigenvalue weighted by Crippen LogP contribution is -2.25. The summed E-state index contributed by atoms with van der Waals surface area (Å²) in [5.41, 5.74) is 6.91. The van der Waals surface area contributed by atoms with Gasteiger partial charge in [-0.1, -0.05) is 30.3 Å². The van der Waals surface area contributed by atoms with Crippen molar-refractivity contribution in [2.45, 2.75) is 12.8 Å². The van der Waals surface area contributed by atoms with E-state index in [-0.39, 0.29) is 29.4 Å². The van der Waals surface area contributed by atoms with Crippen molar-refractivity contribution in [2.24, 2.45) is 5.73 Å². The number of hydrogen-bond acceptors (Lipinski definition) is 6. The molecule has 0 fully saturated rings. The van der Waals surface area contributed by atoms with Gasteiger partial charge < -0.3 is 19.6 Å². The summed E-state index contributed by atoms with van der Waals surface area (Å²) in [5.74, 6) is -0.752. The molecule has 0 amide bonds. The topological polar surface area (TPSA) is 98.5 Å². The first-order chi connectivity index (χ1) is 12.2. The Morgan fingerprint density at radius 3 is 2.64 bits per heavy atom. The normalized spacial score (nSPS) is 17.0. The quantitative estimate of drug-likeness (QED) is 0.862. The largest absolute Gasteiger partial charge is 0.468 e. The van der Waals surface area contributed by atoms with Crippen LogP contribution in [0, 0.1) is 11.3 Å². The fraction of sp³-hybridized carbons (Fsp3) is 0.158. The standard InChI is InChI=1S/C19H16N2O4/c1-2-23-19(22)16-15(14-9-6-10-24-14)13(11-20)18(21)25-17(16)12-7-4-3-5-8-12/h3-10,15H,2,21H2,1H3/t15-/m0/s1.